The van der Waals surface area contributed by atoms with Crippen LogP contribution in [-0.2, 0) is 6.54 Å². The van der Waals surface area contributed by atoms with Crippen molar-refractivity contribution in [3.8, 4) is 11.5 Å². The van der Waals surface area contributed by atoms with Gasteiger partial charge in [-0.05, 0) is 56.4 Å². The van der Waals surface area contributed by atoms with E-state index < -0.39 is 0 Å². The van der Waals surface area contributed by atoms with Gasteiger partial charge in [-0.15, -0.1) is 24.0 Å². The zero-order valence-corrected chi connectivity index (χ0v) is 20.3. The third-order valence-electron chi connectivity index (χ3n) is 4.46. The summed E-state index contributed by atoms with van der Waals surface area (Å²) in [6.07, 6.45) is 0. The Morgan fingerprint density at radius 3 is 2.28 bits per heavy atom. The molecular weight excluding hydrogens is 479 g/mol. The van der Waals surface area contributed by atoms with Crippen LogP contribution in [0.5, 0.6) is 11.5 Å². The molecule has 0 aliphatic heterocycles. The van der Waals surface area contributed by atoms with Crippen LogP contribution >= 0.6 is 24.0 Å². The number of guanidine groups is 1. The van der Waals surface area contributed by atoms with Gasteiger partial charge in [0.15, 0.2) is 5.96 Å². The maximum atomic E-state index is 5.37. The van der Waals surface area contributed by atoms with Crippen LogP contribution in [0.15, 0.2) is 53.5 Å². The predicted molar refractivity (Wildman–Crippen MR) is 131 cm³/mol. The number of aliphatic imine (C=N–C) groups is 1. The summed E-state index contributed by atoms with van der Waals surface area (Å²) in [5.74, 6) is 2.50. The number of halogens is 1. The number of ether oxygens (including phenoxy) is 2. The van der Waals surface area contributed by atoms with Crippen LogP contribution in [0.4, 0.5) is 0 Å². The Bertz CT molecular complexity index is 768. The summed E-state index contributed by atoms with van der Waals surface area (Å²) in [5.41, 5.74) is 2.30. The molecule has 0 aliphatic carbocycles. The molecule has 0 heterocycles. The van der Waals surface area contributed by atoms with E-state index in [1.54, 1.807) is 14.2 Å². The van der Waals surface area contributed by atoms with Gasteiger partial charge in [0.1, 0.15) is 11.5 Å². The molecule has 160 valence electrons. The first-order chi connectivity index (χ1) is 13.6. The van der Waals surface area contributed by atoms with Gasteiger partial charge in [0, 0.05) is 13.1 Å². The Kier molecular flexibility index (Phi) is 11.5. The molecule has 0 amide bonds. The number of hydrogen-bond acceptors (Lipinski definition) is 4. The van der Waals surface area contributed by atoms with Crippen molar-refractivity contribution < 1.29 is 9.47 Å². The molecule has 0 aliphatic rings. The van der Waals surface area contributed by atoms with Gasteiger partial charge >= 0.3 is 0 Å². The molecule has 2 aromatic carbocycles. The molecule has 0 fully saturated rings. The van der Waals surface area contributed by atoms with E-state index in [2.05, 4.69) is 54.8 Å². The fourth-order valence-corrected chi connectivity index (χ4v) is 2.92. The Hall–Kier alpha value is -2.00. The van der Waals surface area contributed by atoms with Gasteiger partial charge in [-0.1, -0.05) is 24.3 Å². The van der Waals surface area contributed by atoms with Crippen molar-refractivity contribution in [1.29, 1.82) is 0 Å². The lowest BCUT2D eigenvalue weighted by atomic mass is 10.1. The van der Waals surface area contributed by atoms with Crippen molar-refractivity contribution in [3.05, 3.63) is 59.7 Å². The monoisotopic (exact) mass is 512 g/mol. The zero-order valence-electron chi connectivity index (χ0n) is 17.9. The first-order valence-electron chi connectivity index (χ1n) is 9.52. The number of nitrogens with zero attached hydrogens (tertiary/aromatic N) is 2. The number of nitrogens with one attached hydrogen (secondary N) is 2. The third kappa shape index (κ3) is 8.10. The molecule has 6 nitrogen and oxygen atoms in total. The second kappa shape index (κ2) is 13.3. The van der Waals surface area contributed by atoms with Crippen LogP contribution in [0.2, 0.25) is 0 Å². The predicted octanol–water partition coefficient (Wildman–Crippen LogP) is 3.68. The second-order valence-electron chi connectivity index (χ2n) is 6.68. The summed E-state index contributed by atoms with van der Waals surface area (Å²) in [5, 5.41) is 6.78. The van der Waals surface area contributed by atoms with Crippen molar-refractivity contribution in [2.24, 2.45) is 4.99 Å². The largest absolute Gasteiger partial charge is 0.497 e. The van der Waals surface area contributed by atoms with Crippen LogP contribution in [0.25, 0.3) is 0 Å². The van der Waals surface area contributed by atoms with Crippen molar-refractivity contribution in [2.45, 2.75) is 19.5 Å². The number of likely N-dealkylation sites (N-methyl/N-ethyl adjacent to an activating group) is 1. The molecule has 1 unspecified atom stereocenters. The second-order valence-corrected chi connectivity index (χ2v) is 6.68. The van der Waals surface area contributed by atoms with Crippen LogP contribution < -0.4 is 20.1 Å². The van der Waals surface area contributed by atoms with Gasteiger partial charge in [0.05, 0.1) is 26.8 Å². The highest BCUT2D eigenvalue weighted by molar-refractivity contribution is 14.0. The molecule has 0 saturated carbocycles. The lowest BCUT2D eigenvalue weighted by Crippen LogP contribution is -2.41. The summed E-state index contributed by atoms with van der Waals surface area (Å²) in [7, 11) is 7.52. The number of rotatable bonds is 9. The minimum atomic E-state index is 0. The van der Waals surface area contributed by atoms with Crippen LogP contribution in [0, 0.1) is 0 Å². The summed E-state index contributed by atoms with van der Waals surface area (Å²) in [6, 6.07) is 16.3. The standard InChI is InChI=1S/C22H32N4O2.HI/c1-6-23-22(24-15-17-9-7-11-19(13-17)27-4)25-16-21(26(2)3)18-10-8-12-20(14-18)28-5;/h7-14,21H,6,15-16H2,1-5H3,(H2,23,24,25);1H. The summed E-state index contributed by atoms with van der Waals surface area (Å²) >= 11 is 0. The van der Waals surface area contributed by atoms with E-state index in [1.165, 1.54) is 5.56 Å². The maximum Gasteiger partial charge on any atom is 0.191 e. The average Bonchev–Trinajstić information content (AvgIpc) is 2.72. The molecule has 7 heteroatoms. The summed E-state index contributed by atoms with van der Waals surface area (Å²) < 4.78 is 10.7. The van der Waals surface area contributed by atoms with Crippen molar-refractivity contribution in [2.75, 3.05) is 41.4 Å². The molecule has 0 spiro atoms. The topological polar surface area (TPSA) is 58.1 Å². The SMILES string of the molecule is CCNC(=NCc1cccc(OC)c1)NCC(c1cccc(OC)c1)N(C)C.I. The van der Waals surface area contributed by atoms with Crippen LogP contribution in [0.3, 0.4) is 0 Å². The Morgan fingerprint density at radius 1 is 1.00 bits per heavy atom. The third-order valence-corrected chi connectivity index (χ3v) is 4.46. The fraction of sp³-hybridized carbons (Fsp3) is 0.409. The lowest BCUT2D eigenvalue weighted by molar-refractivity contribution is 0.297. The molecule has 29 heavy (non-hydrogen) atoms. The van der Waals surface area contributed by atoms with Gasteiger partial charge in [0.25, 0.3) is 0 Å². The van der Waals surface area contributed by atoms with E-state index in [0.29, 0.717) is 6.54 Å². The Morgan fingerprint density at radius 2 is 1.66 bits per heavy atom. The number of methoxy groups -OCH3 is 2. The first kappa shape index (κ1) is 25.0. The van der Waals surface area contributed by atoms with Gasteiger partial charge in [-0.3, -0.25) is 0 Å². The highest BCUT2D eigenvalue weighted by Crippen LogP contribution is 2.22. The molecule has 0 bridgehead atoms. The lowest BCUT2D eigenvalue weighted by Gasteiger charge is -2.26. The van der Waals surface area contributed by atoms with Gasteiger partial charge in [-0.25, -0.2) is 4.99 Å². The minimum Gasteiger partial charge on any atom is -0.497 e. The first-order valence-corrected chi connectivity index (χ1v) is 9.52. The number of benzene rings is 2. The van der Waals surface area contributed by atoms with E-state index in [4.69, 9.17) is 14.5 Å². The van der Waals surface area contributed by atoms with Gasteiger partial charge in [0.2, 0.25) is 0 Å². The van der Waals surface area contributed by atoms with E-state index in [0.717, 1.165) is 36.1 Å². The smallest absolute Gasteiger partial charge is 0.191 e. The summed E-state index contributed by atoms with van der Waals surface area (Å²) in [4.78, 5) is 6.90. The highest BCUT2D eigenvalue weighted by atomic mass is 127. The quantitative estimate of drug-likeness (QED) is 0.305. The van der Waals surface area contributed by atoms with Crippen molar-refractivity contribution >= 4 is 29.9 Å². The van der Waals surface area contributed by atoms with Crippen molar-refractivity contribution in [3.63, 3.8) is 0 Å². The molecular formula is C22H33IN4O2. The van der Waals surface area contributed by atoms with Crippen LogP contribution in [-0.4, -0.2) is 52.3 Å². The number of hydrogen-bond donors (Lipinski definition) is 2. The Labute approximate surface area is 191 Å². The van der Waals surface area contributed by atoms with Crippen molar-refractivity contribution in [1.82, 2.24) is 15.5 Å². The Balaban J connectivity index is 0.00000420. The highest BCUT2D eigenvalue weighted by Gasteiger charge is 2.15. The average molecular weight is 512 g/mol. The molecule has 2 rings (SSSR count). The zero-order chi connectivity index (χ0) is 20.4. The molecule has 0 radical (unpaired) electrons. The molecule has 0 saturated heterocycles. The van der Waals surface area contributed by atoms with E-state index in [1.807, 2.05) is 30.3 Å². The van der Waals surface area contributed by atoms with E-state index in [-0.39, 0.29) is 30.0 Å². The van der Waals surface area contributed by atoms with Gasteiger partial charge < -0.3 is 25.0 Å². The molecule has 2 N–H and O–H groups in total. The maximum absolute atomic E-state index is 5.37. The minimum absolute atomic E-state index is 0. The fourth-order valence-electron chi connectivity index (χ4n) is 2.92. The molecule has 1 atom stereocenters. The van der Waals surface area contributed by atoms with E-state index in [9.17, 15) is 0 Å². The normalized spacial score (nSPS) is 12.1. The molecule has 0 aromatic heterocycles. The van der Waals surface area contributed by atoms with Crippen LogP contribution in [0.1, 0.15) is 24.1 Å². The van der Waals surface area contributed by atoms with Gasteiger partial charge in [-0.2, -0.15) is 0 Å². The molecule has 2 aromatic rings. The summed E-state index contributed by atoms with van der Waals surface area (Å²) in [6.45, 7) is 4.17. The van der Waals surface area contributed by atoms with E-state index >= 15 is 0 Å².